The first kappa shape index (κ1) is 21.5. The number of hydrogen-bond acceptors (Lipinski definition) is 3. The van der Waals surface area contributed by atoms with Crippen LogP contribution in [0.4, 0.5) is 0 Å². The first-order valence-electron chi connectivity index (χ1n) is 9.12. The van der Waals surface area contributed by atoms with Crippen molar-refractivity contribution in [1.82, 2.24) is 0 Å². The van der Waals surface area contributed by atoms with Crippen molar-refractivity contribution in [3.8, 4) is 5.75 Å². The van der Waals surface area contributed by atoms with E-state index in [9.17, 15) is 4.79 Å². The number of rotatable bonds is 8. The molecule has 0 bridgehead atoms. The Hall–Kier alpha value is -2.25. The molecule has 0 heterocycles. The maximum Gasteiger partial charge on any atom is 0.341 e. The number of hydrogen-bond donors (Lipinski definition) is 1. The molecule has 3 rings (SSSR count). The molecule has 148 valence electrons. The lowest BCUT2D eigenvalue weighted by atomic mass is 9.98. The zero-order chi connectivity index (χ0) is 20.6. The molecule has 0 unspecified atom stereocenters. The van der Waals surface area contributed by atoms with E-state index in [0.717, 1.165) is 16.2 Å². The van der Waals surface area contributed by atoms with E-state index < -0.39 is 5.97 Å². The average Bonchev–Trinajstić information content (AvgIpc) is 2.71. The van der Waals surface area contributed by atoms with Gasteiger partial charge in [0.2, 0.25) is 0 Å². The fourth-order valence-electron chi connectivity index (χ4n) is 2.91. The molecule has 0 saturated heterocycles. The van der Waals surface area contributed by atoms with Crippen molar-refractivity contribution in [3.05, 3.63) is 99.1 Å². The van der Waals surface area contributed by atoms with E-state index in [2.05, 4.69) is 77.2 Å². The molecule has 0 aromatic heterocycles. The third-order valence-corrected chi connectivity index (χ3v) is 5.85. The molecule has 0 aliphatic rings. The van der Waals surface area contributed by atoms with Crippen molar-refractivity contribution in [2.24, 2.45) is 0 Å². The third kappa shape index (κ3) is 6.37. The maximum atomic E-state index is 10.7. The van der Waals surface area contributed by atoms with Crippen LogP contribution in [-0.2, 0) is 4.79 Å². The standard InChI is InChI=1S/C24H21IO3S/c1-17-14-21(10-11-23(17)28-16-24(26)27)29-13-12-22(18-6-3-2-4-7-18)19-8-5-9-20(25)15-19/h2-12,14-15H,13,16H2,1H3,(H,26,27)/b22-12-. The number of thioether (sulfide) groups is 1. The highest BCUT2D eigenvalue weighted by atomic mass is 127. The Morgan fingerprint density at radius 3 is 2.48 bits per heavy atom. The van der Waals surface area contributed by atoms with Gasteiger partial charge in [0, 0.05) is 14.2 Å². The predicted octanol–water partition coefficient (Wildman–Crippen LogP) is 6.29. The van der Waals surface area contributed by atoms with E-state index in [4.69, 9.17) is 9.84 Å². The number of carboxylic acids is 1. The van der Waals surface area contributed by atoms with Crippen LogP contribution in [0, 0.1) is 10.5 Å². The molecule has 3 nitrogen and oxygen atoms in total. The van der Waals surface area contributed by atoms with Gasteiger partial charge in [0.05, 0.1) is 0 Å². The topological polar surface area (TPSA) is 46.5 Å². The van der Waals surface area contributed by atoms with Gasteiger partial charge in [-0.2, -0.15) is 0 Å². The minimum atomic E-state index is -0.975. The third-order valence-electron chi connectivity index (χ3n) is 4.26. The summed E-state index contributed by atoms with van der Waals surface area (Å²) < 4.78 is 6.51. The highest BCUT2D eigenvalue weighted by molar-refractivity contribution is 14.1. The van der Waals surface area contributed by atoms with Gasteiger partial charge in [0.25, 0.3) is 0 Å². The number of ether oxygens (including phenoxy) is 1. The molecule has 29 heavy (non-hydrogen) atoms. The predicted molar refractivity (Wildman–Crippen MR) is 128 cm³/mol. The lowest BCUT2D eigenvalue weighted by Crippen LogP contribution is -2.09. The number of aryl methyl sites for hydroxylation is 1. The second kappa shape index (κ2) is 10.5. The van der Waals surface area contributed by atoms with E-state index in [1.165, 1.54) is 20.3 Å². The summed E-state index contributed by atoms with van der Waals surface area (Å²) in [7, 11) is 0. The second-order valence-corrected chi connectivity index (χ2v) is 8.75. The summed E-state index contributed by atoms with van der Waals surface area (Å²) in [6.07, 6.45) is 2.26. The second-order valence-electron chi connectivity index (χ2n) is 6.41. The molecule has 5 heteroatoms. The van der Waals surface area contributed by atoms with Crippen molar-refractivity contribution in [1.29, 1.82) is 0 Å². The maximum absolute atomic E-state index is 10.7. The van der Waals surface area contributed by atoms with Crippen LogP contribution < -0.4 is 4.74 Å². The van der Waals surface area contributed by atoms with Gasteiger partial charge < -0.3 is 9.84 Å². The summed E-state index contributed by atoms with van der Waals surface area (Å²) in [4.78, 5) is 11.8. The molecule has 0 amide bonds. The Morgan fingerprint density at radius 2 is 1.79 bits per heavy atom. The lowest BCUT2D eigenvalue weighted by Gasteiger charge is -2.11. The molecule has 3 aromatic rings. The molecular formula is C24H21IO3S. The Kier molecular flexibility index (Phi) is 7.77. The fourth-order valence-corrected chi connectivity index (χ4v) is 4.32. The summed E-state index contributed by atoms with van der Waals surface area (Å²) >= 11 is 4.08. The van der Waals surface area contributed by atoms with Crippen LogP contribution >= 0.6 is 34.4 Å². The van der Waals surface area contributed by atoms with Crippen molar-refractivity contribution < 1.29 is 14.6 Å². The van der Waals surface area contributed by atoms with Gasteiger partial charge in [-0.15, -0.1) is 11.8 Å². The largest absolute Gasteiger partial charge is 0.482 e. The van der Waals surface area contributed by atoms with Crippen LogP contribution in [0.3, 0.4) is 0 Å². The van der Waals surface area contributed by atoms with E-state index in [1.54, 1.807) is 11.8 Å². The minimum Gasteiger partial charge on any atom is -0.482 e. The number of carboxylic acid groups (broad SMARTS) is 1. The quantitative estimate of drug-likeness (QED) is 0.283. The molecule has 0 radical (unpaired) electrons. The molecule has 0 spiro atoms. The Balaban J connectivity index is 1.76. The first-order valence-corrected chi connectivity index (χ1v) is 11.2. The molecule has 0 aliphatic heterocycles. The zero-order valence-electron chi connectivity index (χ0n) is 16.0. The number of benzene rings is 3. The fraction of sp³-hybridized carbons (Fsp3) is 0.125. The van der Waals surface area contributed by atoms with Gasteiger partial charge in [-0.25, -0.2) is 4.79 Å². The van der Waals surface area contributed by atoms with Gasteiger partial charge in [-0.05, 0) is 82.1 Å². The van der Waals surface area contributed by atoms with Crippen molar-refractivity contribution in [2.45, 2.75) is 11.8 Å². The van der Waals surface area contributed by atoms with Crippen molar-refractivity contribution in [3.63, 3.8) is 0 Å². The van der Waals surface area contributed by atoms with Crippen molar-refractivity contribution >= 4 is 45.9 Å². The summed E-state index contributed by atoms with van der Waals surface area (Å²) in [6, 6.07) is 24.8. The van der Waals surface area contributed by atoms with Crippen LogP contribution in [-0.4, -0.2) is 23.4 Å². The monoisotopic (exact) mass is 516 g/mol. The SMILES string of the molecule is Cc1cc(SC/C=C(/c2ccccc2)c2cccc(I)c2)ccc1OCC(=O)O. The summed E-state index contributed by atoms with van der Waals surface area (Å²) in [5.74, 6) is 0.456. The number of halogens is 1. The molecule has 0 atom stereocenters. The van der Waals surface area contributed by atoms with E-state index >= 15 is 0 Å². The van der Waals surface area contributed by atoms with Gasteiger partial charge in [0.15, 0.2) is 6.61 Å². The van der Waals surface area contributed by atoms with E-state index in [0.29, 0.717) is 5.75 Å². The molecule has 1 N–H and O–H groups in total. The zero-order valence-corrected chi connectivity index (χ0v) is 18.9. The highest BCUT2D eigenvalue weighted by Crippen LogP contribution is 2.29. The van der Waals surface area contributed by atoms with Crippen LogP contribution in [0.5, 0.6) is 5.75 Å². The summed E-state index contributed by atoms with van der Waals surface area (Å²) in [5, 5.41) is 8.76. The highest BCUT2D eigenvalue weighted by Gasteiger charge is 2.07. The lowest BCUT2D eigenvalue weighted by molar-refractivity contribution is -0.139. The molecule has 0 aliphatic carbocycles. The van der Waals surface area contributed by atoms with Crippen molar-refractivity contribution in [2.75, 3.05) is 12.4 Å². The number of carbonyl (C=O) groups is 1. The minimum absolute atomic E-state index is 0.327. The van der Waals surface area contributed by atoms with Crippen LogP contribution in [0.2, 0.25) is 0 Å². The van der Waals surface area contributed by atoms with Gasteiger partial charge in [0.1, 0.15) is 5.75 Å². The molecule has 0 saturated carbocycles. The van der Waals surface area contributed by atoms with Crippen LogP contribution in [0.1, 0.15) is 16.7 Å². The molecule has 0 fully saturated rings. The average molecular weight is 516 g/mol. The smallest absolute Gasteiger partial charge is 0.341 e. The molecule has 3 aromatic carbocycles. The van der Waals surface area contributed by atoms with Gasteiger partial charge >= 0.3 is 5.97 Å². The summed E-state index contributed by atoms with van der Waals surface area (Å²) in [5.41, 5.74) is 4.55. The van der Waals surface area contributed by atoms with E-state index in [-0.39, 0.29) is 6.61 Å². The Morgan fingerprint density at radius 1 is 1.03 bits per heavy atom. The van der Waals surface area contributed by atoms with E-state index in [1.807, 2.05) is 31.2 Å². The number of aliphatic carboxylic acids is 1. The summed E-state index contributed by atoms with van der Waals surface area (Å²) in [6.45, 7) is 1.60. The molecular weight excluding hydrogens is 495 g/mol. The Labute approximate surface area is 188 Å². The first-order chi connectivity index (χ1) is 14.0. The van der Waals surface area contributed by atoms with Crippen LogP contribution in [0.25, 0.3) is 5.57 Å². The Bertz CT molecular complexity index is 1020. The normalized spacial score (nSPS) is 11.3. The van der Waals surface area contributed by atoms with Crippen LogP contribution in [0.15, 0.2) is 83.8 Å². The van der Waals surface area contributed by atoms with Gasteiger partial charge in [-0.3, -0.25) is 0 Å². The van der Waals surface area contributed by atoms with Gasteiger partial charge in [-0.1, -0.05) is 48.5 Å².